The number of rotatable bonds is 8. The Morgan fingerprint density at radius 2 is 1.28 bits per heavy atom. The number of carbonyl (C=O) groups excluding carboxylic acids is 1. The molecule has 0 amide bonds. The van der Waals surface area contributed by atoms with Crippen LogP contribution in [0, 0.1) is 0 Å². The first-order valence-corrected chi connectivity index (χ1v) is 12.0. The minimum atomic E-state index is -4.53. The van der Waals surface area contributed by atoms with Gasteiger partial charge in [-0.15, -0.1) is 0 Å². The molecular formula is C23H20F3NO3S2. The van der Waals surface area contributed by atoms with E-state index in [0.717, 1.165) is 0 Å². The lowest BCUT2D eigenvalue weighted by Crippen LogP contribution is -2.35. The molecule has 168 valence electrons. The van der Waals surface area contributed by atoms with E-state index in [0.29, 0.717) is 11.1 Å². The summed E-state index contributed by atoms with van der Waals surface area (Å²) in [5.41, 5.74) is 0.874. The van der Waals surface area contributed by atoms with Gasteiger partial charge in [-0.1, -0.05) is 90.6 Å². The summed E-state index contributed by atoms with van der Waals surface area (Å²) in [6.07, 6.45) is -4.53. The van der Waals surface area contributed by atoms with E-state index in [9.17, 15) is 26.4 Å². The smallest absolute Gasteiger partial charge is 0.286 e. The summed E-state index contributed by atoms with van der Waals surface area (Å²) in [5.74, 6) is -2.54. The summed E-state index contributed by atoms with van der Waals surface area (Å²) in [7, 11) is -4.07. The molecule has 0 heterocycles. The average Bonchev–Trinajstić information content (AvgIpc) is 2.78. The van der Waals surface area contributed by atoms with Gasteiger partial charge in [0.1, 0.15) is 0 Å². The summed E-state index contributed by atoms with van der Waals surface area (Å²) >= 11 is 0.132. The summed E-state index contributed by atoms with van der Waals surface area (Å²) < 4.78 is 67.2. The van der Waals surface area contributed by atoms with Crippen LogP contribution in [-0.4, -0.2) is 25.5 Å². The maximum Gasteiger partial charge on any atom is 0.398 e. The summed E-state index contributed by atoms with van der Waals surface area (Å²) in [4.78, 5) is 13.0. The zero-order valence-electron chi connectivity index (χ0n) is 16.7. The van der Waals surface area contributed by atoms with E-state index in [1.54, 1.807) is 78.9 Å². The molecule has 1 N–H and O–H groups in total. The standard InChI is InChI=1S/C23H20F3NO3S2/c24-23(25,26)16-31-22(28)20(17-10-4-1-5-11-17)21(18-12-6-2-7-13-18)27-32(29,30)19-14-8-3-9-15-19/h1-15,20-21,27H,16H2/t20-,21+/m0/s1. The molecule has 0 bridgehead atoms. The van der Waals surface area contributed by atoms with E-state index in [2.05, 4.69) is 4.72 Å². The van der Waals surface area contributed by atoms with Gasteiger partial charge in [-0.3, -0.25) is 4.79 Å². The minimum absolute atomic E-state index is 0.0110. The predicted molar refractivity (Wildman–Crippen MR) is 119 cm³/mol. The fraction of sp³-hybridized carbons (Fsp3) is 0.174. The van der Waals surface area contributed by atoms with Gasteiger partial charge in [-0.25, -0.2) is 13.1 Å². The number of carbonyl (C=O) groups is 1. The van der Waals surface area contributed by atoms with Gasteiger partial charge in [0.05, 0.1) is 22.6 Å². The molecular weight excluding hydrogens is 459 g/mol. The number of benzene rings is 3. The van der Waals surface area contributed by atoms with Crippen molar-refractivity contribution in [1.82, 2.24) is 4.72 Å². The van der Waals surface area contributed by atoms with Gasteiger partial charge in [0.15, 0.2) is 5.12 Å². The van der Waals surface area contributed by atoms with Gasteiger partial charge in [-0.05, 0) is 23.3 Å². The number of halogens is 3. The molecule has 0 saturated heterocycles. The van der Waals surface area contributed by atoms with Crippen LogP contribution in [-0.2, 0) is 14.8 Å². The first-order valence-electron chi connectivity index (χ1n) is 9.58. The Morgan fingerprint density at radius 1 is 0.812 bits per heavy atom. The second-order valence-electron chi connectivity index (χ2n) is 6.93. The molecule has 0 unspecified atom stereocenters. The lowest BCUT2D eigenvalue weighted by atomic mass is 9.88. The third-order valence-corrected chi connectivity index (χ3v) is 7.09. The molecule has 3 aromatic rings. The minimum Gasteiger partial charge on any atom is -0.286 e. The van der Waals surface area contributed by atoms with Crippen molar-refractivity contribution in [3.63, 3.8) is 0 Å². The molecule has 9 heteroatoms. The van der Waals surface area contributed by atoms with Crippen molar-refractivity contribution in [1.29, 1.82) is 0 Å². The molecule has 2 atom stereocenters. The fourth-order valence-corrected chi connectivity index (χ4v) is 5.21. The third kappa shape index (κ3) is 6.44. The van der Waals surface area contributed by atoms with E-state index < -0.39 is 39.0 Å². The van der Waals surface area contributed by atoms with Crippen molar-refractivity contribution in [2.45, 2.75) is 23.0 Å². The van der Waals surface area contributed by atoms with Gasteiger partial charge in [0, 0.05) is 0 Å². The van der Waals surface area contributed by atoms with Crippen molar-refractivity contribution in [3.05, 3.63) is 102 Å². The average molecular weight is 480 g/mol. The van der Waals surface area contributed by atoms with Gasteiger partial charge in [-0.2, -0.15) is 13.2 Å². The second kappa shape index (κ2) is 10.3. The fourth-order valence-electron chi connectivity index (χ4n) is 3.19. The molecule has 0 fully saturated rings. The van der Waals surface area contributed by atoms with Crippen LogP contribution in [0.3, 0.4) is 0 Å². The van der Waals surface area contributed by atoms with Crippen LogP contribution in [0.1, 0.15) is 23.1 Å². The number of hydrogen-bond acceptors (Lipinski definition) is 4. The van der Waals surface area contributed by atoms with Crippen LogP contribution in [0.5, 0.6) is 0 Å². The zero-order chi connectivity index (χ0) is 23.2. The number of sulfonamides is 1. The number of alkyl halides is 3. The van der Waals surface area contributed by atoms with Gasteiger partial charge < -0.3 is 0 Å². The molecule has 3 rings (SSSR count). The molecule has 0 spiro atoms. The van der Waals surface area contributed by atoms with Crippen LogP contribution in [0.25, 0.3) is 0 Å². The number of nitrogens with one attached hydrogen (secondary N) is 1. The van der Waals surface area contributed by atoms with E-state index >= 15 is 0 Å². The van der Waals surface area contributed by atoms with E-state index in [1.807, 2.05) is 0 Å². The van der Waals surface area contributed by atoms with Gasteiger partial charge >= 0.3 is 6.18 Å². The van der Waals surface area contributed by atoms with Gasteiger partial charge in [0.2, 0.25) is 10.0 Å². The van der Waals surface area contributed by atoms with E-state index in [1.165, 1.54) is 12.1 Å². The zero-order valence-corrected chi connectivity index (χ0v) is 18.3. The van der Waals surface area contributed by atoms with Crippen molar-refractivity contribution >= 4 is 26.9 Å². The van der Waals surface area contributed by atoms with Crippen LogP contribution in [0.2, 0.25) is 0 Å². The van der Waals surface area contributed by atoms with E-state index in [4.69, 9.17) is 0 Å². The van der Waals surface area contributed by atoms with Crippen LogP contribution >= 0.6 is 11.8 Å². The third-order valence-electron chi connectivity index (χ3n) is 4.62. The Labute approximate surface area is 188 Å². The maximum absolute atomic E-state index is 13.1. The Kier molecular flexibility index (Phi) is 7.76. The second-order valence-corrected chi connectivity index (χ2v) is 9.63. The molecule has 0 aliphatic carbocycles. The highest BCUT2D eigenvalue weighted by Gasteiger charge is 2.37. The normalized spacial score (nSPS) is 14.0. The molecule has 0 aromatic heterocycles. The Bertz CT molecular complexity index is 1120. The van der Waals surface area contributed by atoms with Gasteiger partial charge in [0.25, 0.3) is 0 Å². The monoisotopic (exact) mass is 479 g/mol. The first kappa shape index (κ1) is 24.0. The molecule has 3 aromatic carbocycles. The van der Waals surface area contributed by atoms with E-state index in [-0.39, 0.29) is 16.7 Å². The number of hydrogen-bond donors (Lipinski definition) is 1. The summed E-state index contributed by atoms with van der Waals surface area (Å²) in [6.45, 7) is 0. The van der Waals surface area contributed by atoms with Crippen LogP contribution < -0.4 is 4.72 Å². The Hall–Kier alpha value is -2.62. The first-order chi connectivity index (χ1) is 15.2. The lowest BCUT2D eigenvalue weighted by Gasteiger charge is -2.28. The molecule has 4 nitrogen and oxygen atoms in total. The Balaban J connectivity index is 2.07. The highest BCUT2D eigenvalue weighted by Crippen LogP contribution is 2.37. The van der Waals surface area contributed by atoms with Crippen molar-refractivity contribution in [3.8, 4) is 0 Å². The predicted octanol–water partition coefficient (Wildman–Crippen LogP) is 5.31. The highest BCUT2D eigenvalue weighted by molar-refractivity contribution is 8.13. The summed E-state index contributed by atoms with van der Waals surface area (Å²) in [5, 5.41) is -0.780. The topological polar surface area (TPSA) is 63.2 Å². The SMILES string of the molecule is O=C(SCC(F)(F)F)[C@@H](c1ccccc1)[C@H](NS(=O)(=O)c1ccccc1)c1ccccc1. The Morgan fingerprint density at radius 3 is 1.78 bits per heavy atom. The summed E-state index contributed by atoms with van der Waals surface area (Å²) in [6, 6.07) is 23.0. The van der Waals surface area contributed by atoms with Crippen molar-refractivity contribution in [2.75, 3.05) is 5.75 Å². The molecule has 0 radical (unpaired) electrons. The molecule has 0 aliphatic rings. The largest absolute Gasteiger partial charge is 0.398 e. The molecule has 0 saturated carbocycles. The van der Waals surface area contributed by atoms with Crippen molar-refractivity contribution in [2.24, 2.45) is 0 Å². The molecule has 32 heavy (non-hydrogen) atoms. The van der Waals surface area contributed by atoms with Crippen molar-refractivity contribution < 1.29 is 26.4 Å². The lowest BCUT2D eigenvalue weighted by molar-refractivity contribution is -0.115. The molecule has 0 aliphatic heterocycles. The van der Waals surface area contributed by atoms with Crippen LogP contribution in [0.15, 0.2) is 95.9 Å². The van der Waals surface area contributed by atoms with Crippen LogP contribution in [0.4, 0.5) is 13.2 Å². The maximum atomic E-state index is 13.1. The number of thioether (sulfide) groups is 1. The highest BCUT2D eigenvalue weighted by atomic mass is 32.2. The quantitative estimate of drug-likeness (QED) is 0.476.